The van der Waals surface area contributed by atoms with Crippen molar-refractivity contribution in [2.24, 2.45) is 0 Å². The monoisotopic (exact) mass is 414 g/mol. The van der Waals surface area contributed by atoms with Crippen LogP contribution in [0, 0.1) is 0 Å². The fraction of sp³-hybridized carbons (Fsp3) is 0.500. The summed E-state index contributed by atoms with van der Waals surface area (Å²) in [5.41, 5.74) is -0.123. The van der Waals surface area contributed by atoms with Gasteiger partial charge in [-0.05, 0) is 23.1 Å². The van der Waals surface area contributed by atoms with Crippen molar-refractivity contribution in [3.8, 4) is 0 Å². The van der Waals surface area contributed by atoms with Gasteiger partial charge in [-0.2, -0.15) is 30.4 Å². The van der Waals surface area contributed by atoms with E-state index in [1.165, 1.54) is 12.1 Å². The zero-order valence-electron chi connectivity index (χ0n) is 13.3. The molecule has 0 saturated carbocycles. The Balaban J connectivity index is 0.00000625. The predicted molar refractivity (Wildman–Crippen MR) is 84.0 cm³/mol. The summed E-state index contributed by atoms with van der Waals surface area (Å²) >= 11 is 0. The molecular weight excluding hydrogens is 398 g/mol. The molecule has 0 radical (unpaired) electrons. The second-order valence-electron chi connectivity index (χ2n) is 6.19. The molecule has 5 nitrogen and oxygen atoms in total. The van der Waals surface area contributed by atoms with E-state index in [4.69, 9.17) is 4.55 Å². The van der Waals surface area contributed by atoms with Crippen LogP contribution in [0.2, 0.25) is 0 Å². The van der Waals surface area contributed by atoms with Crippen molar-refractivity contribution in [2.45, 2.75) is 43.7 Å². The normalized spacial score (nSPS) is 14.3. The van der Waals surface area contributed by atoms with E-state index in [1.54, 1.807) is 0 Å². The molecule has 1 N–H and O–H groups in total. The molecule has 12 heteroatoms. The van der Waals surface area contributed by atoms with E-state index in [2.05, 4.69) is 4.74 Å². The van der Waals surface area contributed by atoms with Gasteiger partial charge in [-0.1, -0.05) is 32.9 Å². The van der Waals surface area contributed by atoms with Crippen LogP contribution < -0.4 is 0 Å². The van der Waals surface area contributed by atoms with Gasteiger partial charge >= 0.3 is 57.1 Å². The Labute approximate surface area is 168 Å². The average molecular weight is 414 g/mol. The SMILES string of the molecule is CC(C)(C)c1ccc(C(=O)OC(C(F)(F)F)C(F)(F)S(=O)(=O)O)cc1.[NaH]. The van der Waals surface area contributed by atoms with Crippen LogP contribution >= 0.6 is 0 Å². The molecule has 0 aliphatic carbocycles. The first-order valence-electron chi connectivity index (χ1n) is 6.71. The summed E-state index contributed by atoms with van der Waals surface area (Å²) in [5, 5.41) is -5.76. The van der Waals surface area contributed by atoms with Crippen LogP contribution in [-0.4, -0.2) is 66.0 Å². The topological polar surface area (TPSA) is 80.7 Å². The molecule has 0 saturated heterocycles. The quantitative estimate of drug-likeness (QED) is 0.355. The number of rotatable bonds is 4. The Morgan fingerprint density at radius 1 is 1.04 bits per heavy atom. The molecule has 0 aliphatic heterocycles. The maximum absolute atomic E-state index is 13.4. The molecule has 1 rings (SSSR count). The van der Waals surface area contributed by atoms with Crippen molar-refractivity contribution < 1.29 is 44.5 Å². The molecule has 1 atom stereocenters. The van der Waals surface area contributed by atoms with Crippen LogP contribution in [0.5, 0.6) is 0 Å². The zero-order chi connectivity index (χ0) is 19.8. The second-order valence-corrected chi connectivity index (χ2v) is 7.69. The number of halogens is 5. The molecule has 144 valence electrons. The number of carbonyl (C=O) groups is 1. The maximum atomic E-state index is 13.4. The van der Waals surface area contributed by atoms with Gasteiger partial charge in [0.1, 0.15) is 0 Å². The summed E-state index contributed by atoms with van der Waals surface area (Å²) < 4.78 is 97.9. The van der Waals surface area contributed by atoms with Crippen molar-refractivity contribution in [2.75, 3.05) is 0 Å². The summed E-state index contributed by atoms with van der Waals surface area (Å²) in [4.78, 5) is 11.7. The van der Waals surface area contributed by atoms with Crippen molar-refractivity contribution in [1.29, 1.82) is 0 Å². The van der Waals surface area contributed by atoms with Crippen LogP contribution in [0.3, 0.4) is 0 Å². The Kier molecular flexibility index (Phi) is 7.86. The third kappa shape index (κ3) is 5.88. The van der Waals surface area contributed by atoms with Gasteiger partial charge < -0.3 is 4.74 Å². The summed E-state index contributed by atoms with van der Waals surface area (Å²) in [7, 11) is -6.47. The van der Waals surface area contributed by atoms with Crippen molar-refractivity contribution in [1.82, 2.24) is 0 Å². The minimum absolute atomic E-state index is 0. The Morgan fingerprint density at radius 2 is 1.46 bits per heavy atom. The van der Waals surface area contributed by atoms with Gasteiger partial charge in [0.15, 0.2) is 0 Å². The summed E-state index contributed by atoms with van der Waals surface area (Å²) in [6.07, 6.45) is -10.3. The van der Waals surface area contributed by atoms with Crippen LogP contribution in [0.1, 0.15) is 36.7 Å². The first-order valence-corrected chi connectivity index (χ1v) is 8.15. The third-order valence-corrected chi connectivity index (χ3v) is 4.06. The number of ether oxygens (including phenoxy) is 1. The number of hydrogen-bond donors (Lipinski definition) is 1. The van der Waals surface area contributed by atoms with Gasteiger partial charge in [0.2, 0.25) is 0 Å². The molecule has 26 heavy (non-hydrogen) atoms. The van der Waals surface area contributed by atoms with Gasteiger partial charge in [0, 0.05) is 0 Å². The fourth-order valence-electron chi connectivity index (χ4n) is 1.74. The number of esters is 1. The van der Waals surface area contributed by atoms with Crippen molar-refractivity contribution in [3.05, 3.63) is 35.4 Å². The van der Waals surface area contributed by atoms with Gasteiger partial charge in [-0.15, -0.1) is 0 Å². The van der Waals surface area contributed by atoms with E-state index >= 15 is 0 Å². The number of benzene rings is 1. The minimum atomic E-state index is -6.47. The van der Waals surface area contributed by atoms with Gasteiger partial charge in [0.05, 0.1) is 5.56 Å². The van der Waals surface area contributed by atoms with Gasteiger partial charge in [-0.25, -0.2) is 4.79 Å². The van der Waals surface area contributed by atoms with E-state index in [1.807, 2.05) is 20.8 Å². The van der Waals surface area contributed by atoms with Crippen LogP contribution in [0.15, 0.2) is 24.3 Å². The zero-order valence-corrected chi connectivity index (χ0v) is 14.1. The molecule has 0 heterocycles. The molecule has 0 fully saturated rings. The van der Waals surface area contributed by atoms with E-state index in [-0.39, 0.29) is 35.0 Å². The van der Waals surface area contributed by atoms with Gasteiger partial charge in [-0.3, -0.25) is 4.55 Å². The van der Waals surface area contributed by atoms with Gasteiger partial charge in [0.25, 0.3) is 6.10 Å². The standard InChI is InChI=1S/C14H15F5O5S.Na.H/c1-12(2,3)9-6-4-8(5-7-9)10(20)24-11(13(15,16)17)14(18,19)25(21,22)23;;/h4-7,11H,1-3H3,(H,21,22,23);;. The van der Waals surface area contributed by atoms with Crippen LogP contribution in [0.25, 0.3) is 0 Å². The predicted octanol–water partition coefficient (Wildman–Crippen LogP) is 2.90. The number of hydrogen-bond acceptors (Lipinski definition) is 4. The average Bonchev–Trinajstić information content (AvgIpc) is 2.41. The van der Waals surface area contributed by atoms with E-state index in [0.717, 1.165) is 12.1 Å². The molecule has 0 aliphatic rings. The molecular formula is C14H16F5NaO5S. The Hall–Kier alpha value is -0.750. The molecule has 0 aromatic heterocycles. The van der Waals surface area contributed by atoms with Crippen molar-refractivity contribution in [3.63, 3.8) is 0 Å². The first kappa shape index (κ1) is 25.2. The molecule has 1 unspecified atom stereocenters. The Bertz CT molecular complexity index is 738. The fourth-order valence-corrected chi connectivity index (χ4v) is 2.19. The van der Waals surface area contributed by atoms with Crippen molar-refractivity contribution >= 4 is 45.6 Å². The molecule has 0 amide bonds. The van der Waals surface area contributed by atoms with Crippen LogP contribution in [0.4, 0.5) is 22.0 Å². The summed E-state index contributed by atoms with van der Waals surface area (Å²) in [6.45, 7) is 5.48. The number of alkyl halides is 5. The summed E-state index contributed by atoms with van der Waals surface area (Å²) in [6, 6.07) is 4.89. The molecule has 1 aromatic carbocycles. The van der Waals surface area contributed by atoms with E-state index in [9.17, 15) is 35.2 Å². The first-order chi connectivity index (χ1) is 11.0. The molecule has 0 spiro atoms. The summed E-state index contributed by atoms with van der Waals surface area (Å²) in [5.74, 6) is -1.81. The van der Waals surface area contributed by atoms with E-state index in [0.29, 0.717) is 5.56 Å². The third-order valence-electron chi connectivity index (χ3n) is 3.16. The Morgan fingerprint density at radius 3 is 1.77 bits per heavy atom. The van der Waals surface area contributed by atoms with Crippen LogP contribution in [-0.2, 0) is 20.3 Å². The number of carbonyl (C=O) groups excluding carboxylic acids is 1. The second kappa shape index (κ2) is 8.09. The molecule has 1 aromatic rings. The van der Waals surface area contributed by atoms with E-state index < -0.39 is 39.2 Å². The molecule has 0 bridgehead atoms.